The molecular weight excluding hydrogens is 328 g/mol. The van der Waals surface area contributed by atoms with Crippen LogP contribution >= 0.6 is 0 Å². The summed E-state index contributed by atoms with van der Waals surface area (Å²) in [5.41, 5.74) is 0.732. The summed E-state index contributed by atoms with van der Waals surface area (Å²) in [6.45, 7) is 7.24. The van der Waals surface area contributed by atoms with Gasteiger partial charge in [-0.05, 0) is 11.8 Å². The van der Waals surface area contributed by atoms with E-state index in [4.69, 9.17) is 0 Å². The molecule has 0 spiro atoms. The summed E-state index contributed by atoms with van der Waals surface area (Å²) in [6, 6.07) is -1.18. The van der Waals surface area contributed by atoms with E-state index in [-0.39, 0.29) is 25.0 Å². The molecule has 0 bridgehead atoms. The molecule has 2 heterocycles. The number of nitrogens with zero attached hydrogens (tertiary/aromatic N) is 3. The van der Waals surface area contributed by atoms with Crippen molar-refractivity contribution < 1.29 is 25.5 Å². The Kier molecular flexibility index (Phi) is 6.52. The van der Waals surface area contributed by atoms with E-state index in [1.165, 1.54) is 4.68 Å². The minimum Gasteiger partial charge on any atom is -0.395 e. The third-order valence-electron chi connectivity index (χ3n) is 4.79. The van der Waals surface area contributed by atoms with E-state index in [0.29, 0.717) is 11.4 Å². The molecule has 1 aliphatic heterocycles. The molecule has 1 fully saturated rings. The van der Waals surface area contributed by atoms with Crippen molar-refractivity contribution in [3.8, 4) is 0 Å². The number of aromatic nitrogens is 3. The molecule has 0 radical (unpaired) electrons. The third-order valence-corrected chi connectivity index (χ3v) is 4.79. The first-order chi connectivity index (χ1) is 11.7. The van der Waals surface area contributed by atoms with Crippen molar-refractivity contribution in [3.63, 3.8) is 0 Å². The molecule has 2 unspecified atom stereocenters. The van der Waals surface area contributed by atoms with Crippen LogP contribution in [0.3, 0.4) is 0 Å². The van der Waals surface area contributed by atoms with E-state index < -0.39 is 36.5 Å². The largest absolute Gasteiger partial charge is 0.395 e. The average molecular weight is 358 g/mol. The van der Waals surface area contributed by atoms with Gasteiger partial charge in [0, 0.05) is 0 Å². The zero-order valence-electron chi connectivity index (χ0n) is 15.1. The number of hydrogen-bond donors (Lipinski definition) is 6. The lowest BCUT2D eigenvalue weighted by Crippen LogP contribution is -2.39. The zero-order valence-corrected chi connectivity index (χ0v) is 15.1. The normalized spacial score (nSPS) is 29.6. The minimum atomic E-state index is -1.09. The van der Waals surface area contributed by atoms with Crippen molar-refractivity contribution >= 4 is 0 Å². The lowest BCUT2D eigenvalue weighted by atomic mass is 9.96. The van der Waals surface area contributed by atoms with E-state index in [1.807, 2.05) is 27.7 Å². The van der Waals surface area contributed by atoms with Gasteiger partial charge in [-0.15, -0.1) is 5.10 Å². The molecule has 0 aliphatic carbocycles. The van der Waals surface area contributed by atoms with Crippen molar-refractivity contribution in [2.24, 2.45) is 11.8 Å². The van der Waals surface area contributed by atoms with Gasteiger partial charge in [0.15, 0.2) is 0 Å². The van der Waals surface area contributed by atoms with Crippen molar-refractivity contribution in [1.29, 1.82) is 0 Å². The molecule has 9 nitrogen and oxygen atoms in total. The highest BCUT2D eigenvalue weighted by Crippen LogP contribution is 2.31. The summed E-state index contributed by atoms with van der Waals surface area (Å²) in [4.78, 5) is 0. The van der Waals surface area contributed by atoms with Crippen LogP contribution in [0.5, 0.6) is 0 Å². The Hall–Kier alpha value is -1.10. The lowest BCUT2D eigenvalue weighted by molar-refractivity contribution is 0.0169. The maximum atomic E-state index is 10.6. The summed E-state index contributed by atoms with van der Waals surface area (Å²) in [5, 5.41) is 61.4. The van der Waals surface area contributed by atoms with E-state index in [1.54, 1.807) is 0 Å². The predicted molar refractivity (Wildman–Crippen MR) is 89.4 cm³/mol. The maximum absolute atomic E-state index is 10.6. The highest BCUT2D eigenvalue weighted by Gasteiger charge is 2.41. The molecule has 144 valence electrons. The molecule has 6 atom stereocenters. The van der Waals surface area contributed by atoms with Crippen LogP contribution in [0.4, 0.5) is 0 Å². The van der Waals surface area contributed by atoms with Gasteiger partial charge in [0.05, 0.1) is 49.2 Å². The average Bonchev–Trinajstić information content (AvgIpc) is 3.09. The molecule has 1 aromatic rings. The topological polar surface area (TPSA) is 144 Å². The monoisotopic (exact) mass is 358 g/mol. The van der Waals surface area contributed by atoms with Crippen LogP contribution < -0.4 is 5.32 Å². The molecule has 25 heavy (non-hydrogen) atoms. The highest BCUT2D eigenvalue weighted by atomic mass is 16.3. The number of aliphatic hydroxyl groups excluding tert-OH is 5. The molecule has 9 heteroatoms. The van der Waals surface area contributed by atoms with Crippen LogP contribution in [-0.4, -0.2) is 71.4 Å². The first-order valence-corrected chi connectivity index (χ1v) is 8.71. The van der Waals surface area contributed by atoms with E-state index in [2.05, 4.69) is 15.6 Å². The second-order valence-electron chi connectivity index (χ2n) is 7.46. The van der Waals surface area contributed by atoms with Crippen LogP contribution in [0.25, 0.3) is 0 Å². The third kappa shape index (κ3) is 4.02. The van der Waals surface area contributed by atoms with Gasteiger partial charge in [-0.2, -0.15) is 0 Å². The van der Waals surface area contributed by atoms with Gasteiger partial charge in [0.2, 0.25) is 0 Å². The Balaban J connectivity index is 2.32. The summed E-state index contributed by atoms with van der Waals surface area (Å²) >= 11 is 0. The first kappa shape index (κ1) is 20.2. The van der Waals surface area contributed by atoms with Gasteiger partial charge < -0.3 is 30.8 Å². The summed E-state index contributed by atoms with van der Waals surface area (Å²) in [5.74, 6) is -0.216. The van der Waals surface area contributed by atoms with E-state index in [0.717, 1.165) is 0 Å². The van der Waals surface area contributed by atoms with Gasteiger partial charge in [0.1, 0.15) is 11.8 Å². The van der Waals surface area contributed by atoms with E-state index >= 15 is 0 Å². The lowest BCUT2D eigenvalue weighted by Gasteiger charge is -2.22. The van der Waals surface area contributed by atoms with Gasteiger partial charge in [-0.1, -0.05) is 32.9 Å². The fourth-order valence-corrected chi connectivity index (χ4v) is 3.07. The Morgan fingerprint density at radius 1 is 1.00 bits per heavy atom. The number of nitrogens with one attached hydrogen (secondary N) is 1. The molecule has 0 aromatic carbocycles. The molecular formula is C16H30N4O5. The van der Waals surface area contributed by atoms with Crippen LogP contribution in [0, 0.1) is 11.8 Å². The quantitative estimate of drug-likeness (QED) is 0.353. The summed E-state index contributed by atoms with van der Waals surface area (Å²) in [6.07, 6.45) is -3.91. The zero-order chi connectivity index (χ0) is 18.9. The maximum Gasteiger partial charge on any atom is 0.117 e. The molecule has 0 amide bonds. The van der Waals surface area contributed by atoms with Crippen LogP contribution in [-0.2, 0) is 6.54 Å². The first-order valence-electron chi connectivity index (χ1n) is 8.71. The smallest absolute Gasteiger partial charge is 0.117 e. The van der Waals surface area contributed by atoms with Crippen LogP contribution in [0.1, 0.15) is 51.3 Å². The number of aliphatic hydroxyl groups is 5. The Labute approximate surface area is 147 Å². The summed E-state index contributed by atoms with van der Waals surface area (Å²) in [7, 11) is 0. The van der Waals surface area contributed by atoms with Crippen molar-refractivity contribution in [3.05, 3.63) is 11.4 Å². The van der Waals surface area contributed by atoms with Gasteiger partial charge in [-0.3, -0.25) is 0 Å². The van der Waals surface area contributed by atoms with Crippen LogP contribution in [0.2, 0.25) is 0 Å². The summed E-state index contributed by atoms with van der Waals surface area (Å²) < 4.78 is 1.46. The highest BCUT2D eigenvalue weighted by molar-refractivity contribution is 5.18. The SMILES string of the molecule is CC(C)C(O)c1nnn(C[C@H]2N[C@H](CO)[C@@H](O)[C@@H]2O)c1C(O)C(C)C. The fraction of sp³-hybridized carbons (Fsp3) is 0.875. The Morgan fingerprint density at radius 2 is 1.56 bits per heavy atom. The molecule has 2 rings (SSSR count). The van der Waals surface area contributed by atoms with Gasteiger partial charge in [-0.25, -0.2) is 4.68 Å². The van der Waals surface area contributed by atoms with Crippen molar-refractivity contribution in [1.82, 2.24) is 20.3 Å². The second-order valence-corrected chi connectivity index (χ2v) is 7.46. The van der Waals surface area contributed by atoms with Gasteiger partial charge in [0.25, 0.3) is 0 Å². The molecule has 6 N–H and O–H groups in total. The number of rotatable bonds is 7. The number of hydrogen-bond acceptors (Lipinski definition) is 8. The molecule has 1 aliphatic rings. The standard InChI is InChI=1S/C16H30N4O5/c1-7(2)13(22)11-12(14(23)8(3)4)20(19-18-11)5-9-15(24)16(25)10(6-21)17-9/h7-10,13-17,21-25H,5-6H2,1-4H3/t9-,10-,13?,14?,15-,16-/m1/s1. The van der Waals surface area contributed by atoms with E-state index in [9.17, 15) is 25.5 Å². The molecule has 0 saturated carbocycles. The minimum absolute atomic E-state index is 0.0981. The Morgan fingerprint density at radius 3 is 2.04 bits per heavy atom. The van der Waals surface area contributed by atoms with Crippen molar-refractivity contribution in [2.75, 3.05) is 6.61 Å². The second kappa shape index (κ2) is 8.07. The predicted octanol–water partition coefficient (Wildman–Crippen LogP) is -1.29. The Bertz CT molecular complexity index is 565. The van der Waals surface area contributed by atoms with Crippen molar-refractivity contribution in [2.45, 2.75) is 70.7 Å². The molecule has 1 saturated heterocycles. The van der Waals surface area contributed by atoms with Crippen LogP contribution in [0.15, 0.2) is 0 Å². The fourth-order valence-electron chi connectivity index (χ4n) is 3.07. The van der Waals surface area contributed by atoms with Gasteiger partial charge >= 0.3 is 0 Å². The molecule has 1 aromatic heterocycles.